The Morgan fingerprint density at radius 2 is 1.71 bits per heavy atom. The van der Waals surface area contributed by atoms with Gasteiger partial charge in [0.05, 0.1) is 21.4 Å². The van der Waals surface area contributed by atoms with Crippen LogP contribution in [0.5, 0.6) is 0 Å². The van der Waals surface area contributed by atoms with Crippen LogP contribution in [0.25, 0.3) is 11.1 Å². The van der Waals surface area contributed by atoms with Crippen molar-refractivity contribution >= 4 is 34.9 Å². The largest absolute Gasteiger partial charge is 0.481 e. The Hall–Kier alpha value is -2.11. The molecule has 0 radical (unpaired) electrons. The number of nitrogens with zero attached hydrogens (tertiary/aromatic N) is 1. The van der Waals surface area contributed by atoms with E-state index in [2.05, 4.69) is 0 Å². The van der Waals surface area contributed by atoms with Gasteiger partial charge in [0.25, 0.3) is 5.69 Å². The summed E-state index contributed by atoms with van der Waals surface area (Å²) in [6.45, 7) is 0. The van der Waals surface area contributed by atoms with Crippen LogP contribution in [0.2, 0.25) is 10.0 Å². The maximum absolute atomic E-state index is 10.9. The molecule has 0 spiro atoms. The Balaban J connectivity index is 2.53. The molecule has 5 nitrogen and oxygen atoms in total. The standard InChI is InChI=1S/C14H9Cl2NO4/c15-12-5-9(6-14(18)19)11(7-13(12)16)8-1-3-10(4-2-8)17(20)21/h1-5,7H,6H2,(H,18,19). The molecule has 2 aromatic rings. The highest BCUT2D eigenvalue weighted by molar-refractivity contribution is 6.42. The zero-order valence-corrected chi connectivity index (χ0v) is 12.1. The quantitative estimate of drug-likeness (QED) is 0.674. The highest BCUT2D eigenvalue weighted by Crippen LogP contribution is 2.33. The Labute approximate surface area is 129 Å². The summed E-state index contributed by atoms with van der Waals surface area (Å²) in [5, 5.41) is 20.2. The minimum Gasteiger partial charge on any atom is -0.481 e. The summed E-state index contributed by atoms with van der Waals surface area (Å²) in [6, 6.07) is 8.84. The molecule has 0 saturated carbocycles. The lowest BCUT2D eigenvalue weighted by molar-refractivity contribution is -0.384. The fourth-order valence-electron chi connectivity index (χ4n) is 1.93. The van der Waals surface area contributed by atoms with Crippen LogP contribution in [0, 0.1) is 10.1 Å². The van der Waals surface area contributed by atoms with Gasteiger partial charge in [-0.1, -0.05) is 23.2 Å². The number of carboxylic acid groups (broad SMARTS) is 1. The summed E-state index contributed by atoms with van der Waals surface area (Å²) in [5.41, 5.74) is 1.67. The highest BCUT2D eigenvalue weighted by atomic mass is 35.5. The SMILES string of the molecule is O=C(O)Cc1cc(Cl)c(Cl)cc1-c1ccc([N+](=O)[O-])cc1. The minimum atomic E-state index is -1.00. The number of carboxylic acids is 1. The first-order valence-electron chi connectivity index (χ1n) is 5.83. The smallest absolute Gasteiger partial charge is 0.307 e. The Morgan fingerprint density at radius 3 is 2.24 bits per heavy atom. The number of aliphatic carboxylic acids is 1. The first-order chi connectivity index (χ1) is 9.88. The van der Waals surface area contributed by atoms with Crippen molar-refractivity contribution in [1.82, 2.24) is 0 Å². The average molecular weight is 326 g/mol. The van der Waals surface area contributed by atoms with Gasteiger partial charge in [-0.2, -0.15) is 0 Å². The number of halogens is 2. The van der Waals surface area contributed by atoms with Gasteiger partial charge in [-0.25, -0.2) is 0 Å². The van der Waals surface area contributed by atoms with Gasteiger partial charge in [-0.3, -0.25) is 14.9 Å². The molecule has 108 valence electrons. The van der Waals surface area contributed by atoms with Crippen molar-refractivity contribution in [3.8, 4) is 11.1 Å². The zero-order chi connectivity index (χ0) is 15.6. The van der Waals surface area contributed by atoms with Crippen molar-refractivity contribution in [3.63, 3.8) is 0 Å². The first kappa shape index (κ1) is 15.3. The molecule has 2 rings (SSSR count). The van der Waals surface area contributed by atoms with Gasteiger partial charge in [-0.05, 0) is 41.0 Å². The molecule has 7 heteroatoms. The van der Waals surface area contributed by atoms with E-state index < -0.39 is 10.9 Å². The van der Waals surface area contributed by atoms with E-state index in [-0.39, 0.29) is 17.1 Å². The number of hydrogen-bond donors (Lipinski definition) is 1. The fourth-order valence-corrected chi connectivity index (χ4v) is 2.28. The summed E-state index contributed by atoms with van der Waals surface area (Å²) in [6.07, 6.45) is -0.219. The zero-order valence-electron chi connectivity index (χ0n) is 10.5. The molecule has 0 atom stereocenters. The van der Waals surface area contributed by atoms with Crippen molar-refractivity contribution in [2.75, 3.05) is 0 Å². The second-order valence-electron chi connectivity index (χ2n) is 4.30. The fraction of sp³-hybridized carbons (Fsp3) is 0.0714. The van der Waals surface area contributed by atoms with Gasteiger partial charge >= 0.3 is 5.97 Å². The van der Waals surface area contributed by atoms with Crippen LogP contribution >= 0.6 is 23.2 Å². The van der Waals surface area contributed by atoms with E-state index >= 15 is 0 Å². The molecule has 21 heavy (non-hydrogen) atoms. The highest BCUT2D eigenvalue weighted by Gasteiger charge is 2.13. The van der Waals surface area contributed by atoms with Crippen LogP contribution in [0.15, 0.2) is 36.4 Å². The second-order valence-corrected chi connectivity index (χ2v) is 5.11. The minimum absolute atomic E-state index is 0.0430. The topological polar surface area (TPSA) is 80.4 Å². The summed E-state index contributed by atoms with van der Waals surface area (Å²) >= 11 is 11.9. The lowest BCUT2D eigenvalue weighted by atomic mass is 9.97. The number of carbonyl (C=O) groups is 1. The van der Waals surface area contributed by atoms with Crippen LogP contribution in [0.4, 0.5) is 5.69 Å². The predicted molar refractivity (Wildman–Crippen MR) is 79.9 cm³/mol. The van der Waals surface area contributed by atoms with Crippen LogP contribution < -0.4 is 0 Å². The third-order valence-corrected chi connectivity index (χ3v) is 3.60. The van der Waals surface area contributed by atoms with E-state index in [0.29, 0.717) is 21.7 Å². The molecule has 2 aromatic carbocycles. The van der Waals surface area contributed by atoms with Crippen molar-refractivity contribution in [2.24, 2.45) is 0 Å². The molecule has 0 amide bonds. The van der Waals surface area contributed by atoms with E-state index in [1.165, 1.54) is 18.2 Å². The van der Waals surface area contributed by atoms with Crippen LogP contribution in [0.3, 0.4) is 0 Å². The maximum atomic E-state index is 10.9. The summed E-state index contributed by atoms with van der Waals surface area (Å²) in [4.78, 5) is 21.1. The summed E-state index contributed by atoms with van der Waals surface area (Å²) in [5.74, 6) is -1.00. The van der Waals surface area contributed by atoms with E-state index in [4.69, 9.17) is 28.3 Å². The van der Waals surface area contributed by atoms with Crippen molar-refractivity contribution in [3.05, 3.63) is 62.1 Å². The van der Waals surface area contributed by atoms with Gasteiger partial charge < -0.3 is 5.11 Å². The van der Waals surface area contributed by atoms with Crippen LogP contribution in [0.1, 0.15) is 5.56 Å². The number of nitro benzene ring substituents is 1. The molecule has 0 aromatic heterocycles. The number of nitro groups is 1. The molecule has 0 aliphatic heterocycles. The molecule has 0 fully saturated rings. The molecule has 1 N–H and O–H groups in total. The Kier molecular flexibility index (Phi) is 4.45. The van der Waals surface area contributed by atoms with E-state index in [9.17, 15) is 14.9 Å². The average Bonchev–Trinajstić information content (AvgIpc) is 2.42. The second kappa shape index (κ2) is 6.11. The predicted octanol–water partition coefficient (Wildman–Crippen LogP) is 4.20. The number of rotatable bonds is 4. The number of non-ortho nitro benzene ring substituents is 1. The van der Waals surface area contributed by atoms with Gasteiger partial charge in [0, 0.05) is 12.1 Å². The van der Waals surface area contributed by atoms with Crippen molar-refractivity contribution in [1.29, 1.82) is 0 Å². The number of hydrogen-bond acceptors (Lipinski definition) is 3. The van der Waals surface area contributed by atoms with Gasteiger partial charge in [0.2, 0.25) is 0 Å². The van der Waals surface area contributed by atoms with Crippen molar-refractivity contribution in [2.45, 2.75) is 6.42 Å². The van der Waals surface area contributed by atoms with Crippen molar-refractivity contribution < 1.29 is 14.8 Å². The summed E-state index contributed by atoms with van der Waals surface area (Å²) < 4.78 is 0. The van der Waals surface area contributed by atoms with E-state index in [0.717, 1.165) is 0 Å². The third-order valence-electron chi connectivity index (χ3n) is 2.88. The first-order valence-corrected chi connectivity index (χ1v) is 6.58. The lowest BCUT2D eigenvalue weighted by Gasteiger charge is -2.10. The molecule has 0 unspecified atom stereocenters. The third kappa shape index (κ3) is 3.51. The van der Waals surface area contributed by atoms with E-state index in [1.54, 1.807) is 18.2 Å². The maximum Gasteiger partial charge on any atom is 0.307 e. The van der Waals surface area contributed by atoms with Gasteiger partial charge in [0.1, 0.15) is 0 Å². The molecule has 0 aliphatic rings. The molecular formula is C14H9Cl2NO4. The Bertz CT molecular complexity index is 714. The molecule has 0 heterocycles. The molecule has 0 bridgehead atoms. The van der Waals surface area contributed by atoms with Gasteiger partial charge in [-0.15, -0.1) is 0 Å². The lowest BCUT2D eigenvalue weighted by Crippen LogP contribution is -2.02. The van der Waals surface area contributed by atoms with Crippen LogP contribution in [-0.4, -0.2) is 16.0 Å². The Morgan fingerprint density at radius 1 is 1.14 bits per heavy atom. The molecule has 0 aliphatic carbocycles. The van der Waals surface area contributed by atoms with E-state index in [1.807, 2.05) is 0 Å². The van der Waals surface area contributed by atoms with Crippen LogP contribution in [-0.2, 0) is 11.2 Å². The molecule has 0 saturated heterocycles. The molecular weight excluding hydrogens is 317 g/mol. The monoisotopic (exact) mass is 325 g/mol. The normalized spacial score (nSPS) is 10.4. The summed E-state index contributed by atoms with van der Waals surface area (Å²) in [7, 11) is 0. The number of benzene rings is 2. The van der Waals surface area contributed by atoms with Gasteiger partial charge in [0.15, 0.2) is 0 Å².